The largest absolute Gasteiger partial charge is 0.508 e. The van der Waals surface area contributed by atoms with Crippen LogP contribution >= 0.6 is 0 Å². The number of aromatic nitrogens is 2. The zero-order chi connectivity index (χ0) is 13.5. The molecule has 1 unspecified atom stereocenters. The highest BCUT2D eigenvalue weighted by atomic mass is 16.3. The summed E-state index contributed by atoms with van der Waals surface area (Å²) in [4.78, 5) is 7.31. The third kappa shape index (κ3) is 4.75. The molecule has 0 fully saturated rings. The van der Waals surface area contributed by atoms with E-state index >= 15 is 0 Å². The van der Waals surface area contributed by atoms with E-state index in [1.54, 1.807) is 18.3 Å². The molecule has 0 radical (unpaired) electrons. The smallest absolute Gasteiger partial charge is 0.115 e. The number of aryl methyl sites for hydroxylation is 1. The number of H-pyrrole nitrogens is 1. The van der Waals surface area contributed by atoms with Gasteiger partial charge in [-0.15, -0.1) is 0 Å². The van der Waals surface area contributed by atoms with Gasteiger partial charge in [0.2, 0.25) is 0 Å². The molecule has 1 heterocycles. The Morgan fingerprint density at radius 1 is 1.32 bits per heavy atom. The molecule has 0 aliphatic carbocycles. The van der Waals surface area contributed by atoms with Crippen molar-refractivity contribution >= 4 is 0 Å². The van der Waals surface area contributed by atoms with Gasteiger partial charge in [0.15, 0.2) is 0 Å². The van der Waals surface area contributed by atoms with Crippen LogP contribution in [0.1, 0.15) is 24.7 Å². The third-order valence-electron chi connectivity index (χ3n) is 3.12. The van der Waals surface area contributed by atoms with Gasteiger partial charge in [0.25, 0.3) is 0 Å². The minimum atomic E-state index is 0.322. The zero-order valence-corrected chi connectivity index (χ0v) is 11.3. The minimum absolute atomic E-state index is 0.322. The summed E-state index contributed by atoms with van der Waals surface area (Å²) >= 11 is 0. The molecule has 1 aromatic heterocycles. The summed E-state index contributed by atoms with van der Waals surface area (Å²) in [6, 6.07) is 7.84. The number of aromatic hydroxyl groups is 1. The fraction of sp³-hybridized carbons (Fsp3) is 0.400. The normalized spacial score (nSPS) is 12.5. The first-order chi connectivity index (χ1) is 9.24. The molecular weight excluding hydrogens is 238 g/mol. The molecule has 4 nitrogen and oxygen atoms in total. The van der Waals surface area contributed by atoms with Crippen LogP contribution in [0.15, 0.2) is 36.7 Å². The van der Waals surface area contributed by atoms with Crippen molar-refractivity contribution in [1.29, 1.82) is 0 Å². The van der Waals surface area contributed by atoms with Gasteiger partial charge in [0.05, 0.1) is 0 Å². The maximum atomic E-state index is 9.23. The lowest BCUT2D eigenvalue weighted by Crippen LogP contribution is -2.29. The van der Waals surface area contributed by atoms with Crippen molar-refractivity contribution in [1.82, 2.24) is 15.3 Å². The van der Waals surface area contributed by atoms with E-state index < -0.39 is 0 Å². The van der Waals surface area contributed by atoms with E-state index in [1.165, 1.54) is 5.56 Å². The van der Waals surface area contributed by atoms with Gasteiger partial charge >= 0.3 is 0 Å². The van der Waals surface area contributed by atoms with E-state index in [9.17, 15) is 5.11 Å². The number of hydrogen-bond donors (Lipinski definition) is 3. The van der Waals surface area contributed by atoms with Crippen molar-refractivity contribution in [2.24, 2.45) is 0 Å². The summed E-state index contributed by atoms with van der Waals surface area (Å²) < 4.78 is 0. The highest BCUT2D eigenvalue weighted by molar-refractivity contribution is 5.26. The Bertz CT molecular complexity index is 465. The lowest BCUT2D eigenvalue weighted by atomic mass is 10.1. The number of imidazole rings is 1. The number of aromatic amines is 1. The van der Waals surface area contributed by atoms with Gasteiger partial charge in [-0.2, -0.15) is 0 Å². The van der Waals surface area contributed by atoms with Gasteiger partial charge < -0.3 is 15.4 Å². The maximum Gasteiger partial charge on any atom is 0.115 e. The maximum absolute atomic E-state index is 9.23. The Kier molecular flexibility index (Phi) is 4.98. The van der Waals surface area contributed by atoms with Crippen molar-refractivity contribution in [3.8, 4) is 5.75 Å². The molecule has 1 atom stereocenters. The van der Waals surface area contributed by atoms with Gasteiger partial charge in [-0.25, -0.2) is 4.98 Å². The number of rotatable bonds is 7. The summed E-state index contributed by atoms with van der Waals surface area (Å²) in [6.45, 7) is 3.17. The van der Waals surface area contributed by atoms with Crippen LogP contribution in [-0.4, -0.2) is 27.7 Å². The molecule has 4 heteroatoms. The SMILES string of the molecule is CC(Cc1ccc(O)cc1)NCCCc1ncc[nH]1. The molecule has 3 N–H and O–H groups in total. The number of phenolic OH excluding ortho intramolecular Hbond substituents is 1. The van der Waals surface area contributed by atoms with Crippen LogP contribution in [0.3, 0.4) is 0 Å². The van der Waals surface area contributed by atoms with Gasteiger partial charge in [-0.3, -0.25) is 0 Å². The lowest BCUT2D eigenvalue weighted by molar-refractivity contribution is 0.474. The summed E-state index contributed by atoms with van der Waals surface area (Å²) in [6.07, 6.45) is 6.67. The van der Waals surface area contributed by atoms with E-state index in [2.05, 4.69) is 22.2 Å². The Morgan fingerprint density at radius 3 is 2.79 bits per heavy atom. The second-order valence-corrected chi connectivity index (χ2v) is 4.87. The molecule has 0 bridgehead atoms. The fourth-order valence-electron chi connectivity index (χ4n) is 2.10. The van der Waals surface area contributed by atoms with Crippen molar-refractivity contribution in [2.45, 2.75) is 32.2 Å². The monoisotopic (exact) mass is 259 g/mol. The summed E-state index contributed by atoms with van der Waals surface area (Å²) in [5, 5.41) is 12.7. The van der Waals surface area contributed by atoms with Gasteiger partial charge in [0, 0.05) is 24.9 Å². The minimum Gasteiger partial charge on any atom is -0.508 e. The molecule has 0 aliphatic heterocycles. The average molecular weight is 259 g/mol. The molecule has 0 saturated heterocycles. The number of nitrogens with one attached hydrogen (secondary N) is 2. The Balaban J connectivity index is 1.64. The van der Waals surface area contributed by atoms with Crippen LogP contribution < -0.4 is 5.32 Å². The van der Waals surface area contributed by atoms with E-state index in [1.807, 2.05) is 18.3 Å². The van der Waals surface area contributed by atoms with E-state index in [0.717, 1.165) is 31.6 Å². The first kappa shape index (κ1) is 13.6. The first-order valence-corrected chi connectivity index (χ1v) is 6.73. The standard InChI is InChI=1S/C15H21N3O/c1-12(11-13-4-6-14(19)7-5-13)16-8-2-3-15-17-9-10-18-15/h4-7,9-10,12,16,19H,2-3,8,11H2,1H3,(H,17,18). The second-order valence-electron chi connectivity index (χ2n) is 4.87. The predicted octanol–water partition coefficient (Wildman–Crippen LogP) is 2.27. The lowest BCUT2D eigenvalue weighted by Gasteiger charge is -2.13. The first-order valence-electron chi connectivity index (χ1n) is 6.73. The second kappa shape index (κ2) is 6.95. The molecule has 0 amide bonds. The Hall–Kier alpha value is -1.81. The van der Waals surface area contributed by atoms with Crippen LogP contribution in [-0.2, 0) is 12.8 Å². The molecule has 0 saturated carbocycles. The van der Waals surface area contributed by atoms with E-state index in [0.29, 0.717) is 11.8 Å². The molecule has 2 rings (SSSR count). The van der Waals surface area contributed by atoms with Crippen LogP contribution in [0.4, 0.5) is 0 Å². The Labute approximate surface area is 113 Å². The Morgan fingerprint density at radius 2 is 2.11 bits per heavy atom. The van der Waals surface area contributed by atoms with Gasteiger partial charge in [-0.05, 0) is 44.0 Å². The molecule has 2 aromatic rings. The van der Waals surface area contributed by atoms with Crippen LogP contribution in [0, 0.1) is 0 Å². The fourth-order valence-corrected chi connectivity index (χ4v) is 2.10. The quantitative estimate of drug-likeness (QED) is 0.668. The third-order valence-corrected chi connectivity index (χ3v) is 3.12. The average Bonchev–Trinajstić information content (AvgIpc) is 2.91. The van der Waals surface area contributed by atoms with Crippen LogP contribution in [0.2, 0.25) is 0 Å². The van der Waals surface area contributed by atoms with Gasteiger partial charge in [0.1, 0.15) is 11.6 Å². The van der Waals surface area contributed by atoms with E-state index in [-0.39, 0.29) is 0 Å². The van der Waals surface area contributed by atoms with Gasteiger partial charge in [-0.1, -0.05) is 12.1 Å². The molecule has 102 valence electrons. The van der Waals surface area contributed by atoms with E-state index in [4.69, 9.17) is 0 Å². The number of hydrogen-bond acceptors (Lipinski definition) is 3. The molecule has 0 spiro atoms. The summed E-state index contributed by atoms with van der Waals surface area (Å²) in [7, 11) is 0. The molecule has 1 aromatic carbocycles. The van der Waals surface area contributed by atoms with Crippen molar-refractivity contribution in [3.05, 3.63) is 48.0 Å². The highest BCUT2D eigenvalue weighted by Gasteiger charge is 2.03. The number of phenols is 1. The highest BCUT2D eigenvalue weighted by Crippen LogP contribution is 2.11. The van der Waals surface area contributed by atoms with Crippen molar-refractivity contribution < 1.29 is 5.11 Å². The van der Waals surface area contributed by atoms with Crippen molar-refractivity contribution in [2.75, 3.05) is 6.54 Å². The molecule has 19 heavy (non-hydrogen) atoms. The topological polar surface area (TPSA) is 60.9 Å². The van der Waals surface area contributed by atoms with Crippen LogP contribution in [0.25, 0.3) is 0 Å². The predicted molar refractivity (Wildman–Crippen MR) is 76.2 cm³/mol. The molecular formula is C15H21N3O. The molecule has 0 aliphatic rings. The summed E-state index contributed by atoms with van der Waals surface area (Å²) in [5.74, 6) is 1.37. The number of benzene rings is 1. The van der Waals surface area contributed by atoms with Crippen LogP contribution in [0.5, 0.6) is 5.75 Å². The zero-order valence-electron chi connectivity index (χ0n) is 11.3. The van der Waals surface area contributed by atoms with Crippen molar-refractivity contribution in [3.63, 3.8) is 0 Å². The summed E-state index contributed by atoms with van der Waals surface area (Å²) in [5.41, 5.74) is 1.24. The number of nitrogens with zero attached hydrogens (tertiary/aromatic N) is 1.